The van der Waals surface area contributed by atoms with Gasteiger partial charge in [-0.15, -0.1) is 0 Å². The number of benzene rings is 3. The van der Waals surface area contributed by atoms with Crippen LogP contribution in [-0.2, 0) is 10.0 Å². The lowest BCUT2D eigenvalue weighted by atomic mass is 10.1. The number of nitrogens with zero attached hydrogens (tertiary/aromatic N) is 3. The summed E-state index contributed by atoms with van der Waals surface area (Å²) in [7, 11) is -3.59. The van der Waals surface area contributed by atoms with E-state index in [0.29, 0.717) is 42.8 Å². The van der Waals surface area contributed by atoms with Crippen LogP contribution in [0.5, 0.6) is 0 Å². The molecule has 1 saturated heterocycles. The van der Waals surface area contributed by atoms with Crippen molar-refractivity contribution in [3.05, 3.63) is 70.8 Å². The van der Waals surface area contributed by atoms with Crippen LogP contribution in [-0.4, -0.2) is 49.9 Å². The standard InChI is InChI=1S/C23H24N4O4S/c28-27(29)23-10-8-20(16-22(23)24-19-6-7-19)25-11-13-26(14-12-25)32(30,31)21-9-5-17-3-1-2-4-18(17)15-21/h1-5,8-10,15-16,19,24H,6-7,11-14H2. The lowest BCUT2D eigenvalue weighted by Crippen LogP contribution is -2.48. The second-order valence-corrected chi connectivity index (χ2v) is 10.2. The van der Waals surface area contributed by atoms with Crippen LogP contribution >= 0.6 is 0 Å². The lowest BCUT2D eigenvalue weighted by Gasteiger charge is -2.35. The summed E-state index contributed by atoms with van der Waals surface area (Å²) >= 11 is 0. The average Bonchev–Trinajstić information content (AvgIpc) is 3.62. The van der Waals surface area contributed by atoms with Crippen LogP contribution in [0.15, 0.2) is 65.6 Å². The first-order valence-electron chi connectivity index (χ1n) is 10.7. The van der Waals surface area contributed by atoms with Gasteiger partial charge >= 0.3 is 0 Å². The van der Waals surface area contributed by atoms with Gasteiger partial charge in [-0.3, -0.25) is 10.1 Å². The van der Waals surface area contributed by atoms with E-state index >= 15 is 0 Å². The van der Waals surface area contributed by atoms with E-state index in [1.807, 2.05) is 36.4 Å². The first-order chi connectivity index (χ1) is 15.4. The molecule has 0 spiro atoms. The summed E-state index contributed by atoms with van der Waals surface area (Å²) in [5.74, 6) is 0. The molecule has 1 N–H and O–H groups in total. The van der Waals surface area contributed by atoms with Gasteiger partial charge in [-0.1, -0.05) is 30.3 Å². The lowest BCUT2D eigenvalue weighted by molar-refractivity contribution is -0.384. The highest BCUT2D eigenvalue weighted by Crippen LogP contribution is 2.34. The average molecular weight is 453 g/mol. The predicted octanol–water partition coefficient (Wildman–Crippen LogP) is 3.83. The first kappa shape index (κ1) is 20.7. The topological polar surface area (TPSA) is 95.8 Å². The smallest absolute Gasteiger partial charge is 0.292 e. The van der Waals surface area contributed by atoms with E-state index in [2.05, 4.69) is 10.2 Å². The fourth-order valence-corrected chi connectivity index (χ4v) is 5.56. The van der Waals surface area contributed by atoms with E-state index in [4.69, 9.17) is 0 Å². The van der Waals surface area contributed by atoms with E-state index in [9.17, 15) is 18.5 Å². The fourth-order valence-electron chi connectivity index (χ4n) is 4.11. The molecule has 32 heavy (non-hydrogen) atoms. The van der Waals surface area contributed by atoms with Gasteiger partial charge in [0.25, 0.3) is 5.69 Å². The van der Waals surface area contributed by atoms with Gasteiger partial charge in [0, 0.05) is 44.0 Å². The number of sulfonamides is 1. The fraction of sp³-hybridized carbons (Fsp3) is 0.304. The maximum absolute atomic E-state index is 13.2. The van der Waals surface area contributed by atoms with Crippen molar-refractivity contribution in [2.24, 2.45) is 0 Å². The van der Waals surface area contributed by atoms with Crippen LogP contribution in [0, 0.1) is 10.1 Å². The quantitative estimate of drug-likeness (QED) is 0.451. The summed E-state index contributed by atoms with van der Waals surface area (Å²) in [5.41, 5.74) is 1.46. The molecular weight excluding hydrogens is 428 g/mol. The van der Waals surface area contributed by atoms with Gasteiger partial charge in [0.2, 0.25) is 10.0 Å². The minimum absolute atomic E-state index is 0.0677. The van der Waals surface area contributed by atoms with Crippen LogP contribution in [0.2, 0.25) is 0 Å². The largest absolute Gasteiger partial charge is 0.377 e. The van der Waals surface area contributed by atoms with Crippen molar-refractivity contribution in [2.45, 2.75) is 23.8 Å². The number of hydrogen-bond acceptors (Lipinski definition) is 6. The van der Waals surface area contributed by atoms with Crippen molar-refractivity contribution in [2.75, 3.05) is 36.4 Å². The van der Waals surface area contributed by atoms with Crippen LogP contribution in [0.25, 0.3) is 10.8 Å². The van der Waals surface area contributed by atoms with Gasteiger partial charge in [-0.25, -0.2) is 8.42 Å². The number of fused-ring (bicyclic) bond motifs is 1. The van der Waals surface area contributed by atoms with E-state index in [-0.39, 0.29) is 10.6 Å². The third-order valence-corrected chi connectivity index (χ3v) is 7.97. The van der Waals surface area contributed by atoms with Crippen LogP contribution < -0.4 is 10.2 Å². The second kappa shape index (κ2) is 8.07. The molecular formula is C23H24N4O4S. The van der Waals surface area contributed by atoms with E-state index < -0.39 is 10.0 Å². The summed E-state index contributed by atoms with van der Waals surface area (Å²) in [6.45, 7) is 1.76. The highest BCUT2D eigenvalue weighted by Gasteiger charge is 2.30. The van der Waals surface area contributed by atoms with Gasteiger partial charge in [-0.05, 0) is 47.9 Å². The van der Waals surface area contributed by atoms with Gasteiger partial charge < -0.3 is 10.2 Å². The van der Waals surface area contributed by atoms with E-state index in [1.165, 1.54) is 10.4 Å². The molecule has 0 unspecified atom stereocenters. The second-order valence-electron chi connectivity index (χ2n) is 8.28. The first-order valence-corrected chi connectivity index (χ1v) is 12.1. The highest BCUT2D eigenvalue weighted by molar-refractivity contribution is 7.89. The Hall–Kier alpha value is -3.17. The zero-order valence-electron chi connectivity index (χ0n) is 17.5. The molecule has 166 valence electrons. The number of anilines is 2. The Morgan fingerprint density at radius 2 is 1.62 bits per heavy atom. The molecule has 0 amide bonds. The number of rotatable bonds is 6. The molecule has 8 nitrogen and oxygen atoms in total. The Kier molecular flexibility index (Phi) is 5.22. The summed E-state index contributed by atoms with van der Waals surface area (Å²) in [6.07, 6.45) is 2.04. The molecule has 9 heteroatoms. The summed E-state index contributed by atoms with van der Waals surface area (Å²) in [4.78, 5) is 13.4. The van der Waals surface area contributed by atoms with Crippen LogP contribution in [0.4, 0.5) is 17.1 Å². The molecule has 3 aromatic rings. The minimum Gasteiger partial charge on any atom is -0.377 e. The third-order valence-electron chi connectivity index (χ3n) is 6.08. The van der Waals surface area contributed by atoms with Crippen molar-refractivity contribution in [1.29, 1.82) is 0 Å². The Bertz CT molecular complexity index is 1280. The number of piperazine rings is 1. The van der Waals surface area contributed by atoms with Gasteiger partial charge in [0.05, 0.1) is 9.82 Å². The van der Waals surface area contributed by atoms with Crippen molar-refractivity contribution >= 4 is 37.9 Å². The Balaban J connectivity index is 1.32. The molecule has 2 fully saturated rings. The van der Waals surface area contributed by atoms with Crippen LogP contribution in [0.1, 0.15) is 12.8 Å². The zero-order valence-corrected chi connectivity index (χ0v) is 18.3. The minimum atomic E-state index is -3.59. The normalized spacial score (nSPS) is 17.4. The predicted molar refractivity (Wildman–Crippen MR) is 125 cm³/mol. The number of nitrogens with one attached hydrogen (secondary N) is 1. The Labute approximate surface area is 186 Å². The molecule has 1 saturated carbocycles. The molecule has 1 aliphatic carbocycles. The molecule has 2 aliphatic rings. The molecule has 0 radical (unpaired) electrons. The maximum Gasteiger partial charge on any atom is 0.292 e. The summed E-state index contributed by atoms with van der Waals surface area (Å²) in [6, 6.07) is 18.3. The summed E-state index contributed by atoms with van der Waals surface area (Å²) in [5, 5.41) is 16.5. The van der Waals surface area contributed by atoms with Crippen molar-refractivity contribution < 1.29 is 13.3 Å². The van der Waals surface area contributed by atoms with Crippen molar-refractivity contribution in [3.63, 3.8) is 0 Å². The monoisotopic (exact) mass is 452 g/mol. The van der Waals surface area contributed by atoms with Crippen molar-refractivity contribution in [1.82, 2.24) is 4.31 Å². The number of nitro groups is 1. The summed E-state index contributed by atoms with van der Waals surface area (Å²) < 4.78 is 27.9. The highest BCUT2D eigenvalue weighted by atomic mass is 32.2. The third kappa shape index (κ3) is 4.01. The molecule has 0 atom stereocenters. The number of hydrogen-bond donors (Lipinski definition) is 1. The SMILES string of the molecule is O=[N+]([O-])c1ccc(N2CCN(S(=O)(=O)c3ccc4ccccc4c3)CC2)cc1NC1CC1. The van der Waals surface area contributed by atoms with E-state index in [0.717, 1.165) is 29.3 Å². The van der Waals surface area contributed by atoms with Crippen LogP contribution in [0.3, 0.4) is 0 Å². The molecule has 1 heterocycles. The van der Waals surface area contributed by atoms with E-state index in [1.54, 1.807) is 18.2 Å². The number of nitro benzene ring substituents is 1. The van der Waals surface area contributed by atoms with Crippen molar-refractivity contribution in [3.8, 4) is 0 Å². The zero-order chi connectivity index (χ0) is 22.3. The Morgan fingerprint density at radius 1 is 0.906 bits per heavy atom. The Morgan fingerprint density at radius 3 is 2.31 bits per heavy atom. The molecule has 1 aliphatic heterocycles. The molecule has 3 aromatic carbocycles. The maximum atomic E-state index is 13.2. The van der Waals surface area contributed by atoms with Gasteiger partial charge in [0.15, 0.2) is 0 Å². The molecule has 5 rings (SSSR count). The van der Waals surface area contributed by atoms with Gasteiger partial charge in [-0.2, -0.15) is 4.31 Å². The molecule has 0 bridgehead atoms. The van der Waals surface area contributed by atoms with Gasteiger partial charge in [0.1, 0.15) is 5.69 Å². The molecule has 0 aromatic heterocycles.